The molecule has 2 aromatic rings. The molecule has 128 valence electrons. The number of ether oxygens (including phenoxy) is 2. The molecule has 0 fully saturated rings. The number of anilines is 1. The second-order valence-corrected chi connectivity index (χ2v) is 5.57. The van der Waals surface area contributed by atoms with Gasteiger partial charge in [0.15, 0.2) is 11.5 Å². The zero-order valence-electron chi connectivity index (χ0n) is 14.8. The maximum Gasteiger partial charge on any atom is 0.228 e. The van der Waals surface area contributed by atoms with Gasteiger partial charge in [0.05, 0.1) is 20.6 Å². The van der Waals surface area contributed by atoms with Gasteiger partial charge in [-0.05, 0) is 41.7 Å². The number of hydrogen-bond donors (Lipinski definition) is 1. The van der Waals surface area contributed by atoms with Crippen LogP contribution in [0.1, 0.15) is 30.5 Å². The highest BCUT2D eigenvalue weighted by molar-refractivity contribution is 5.94. The van der Waals surface area contributed by atoms with E-state index in [0.29, 0.717) is 17.9 Å². The van der Waals surface area contributed by atoms with Crippen molar-refractivity contribution in [3.8, 4) is 11.5 Å². The highest BCUT2D eigenvalue weighted by Gasteiger charge is 2.12. The van der Waals surface area contributed by atoms with Gasteiger partial charge in [-0.2, -0.15) is 0 Å². The summed E-state index contributed by atoms with van der Waals surface area (Å²) in [6.45, 7) is 4.19. The second kappa shape index (κ2) is 8.39. The lowest BCUT2D eigenvalue weighted by atomic mass is 10.0. The Morgan fingerprint density at radius 1 is 0.958 bits per heavy atom. The van der Waals surface area contributed by atoms with Crippen molar-refractivity contribution in [2.45, 2.75) is 33.1 Å². The monoisotopic (exact) mass is 327 g/mol. The van der Waals surface area contributed by atoms with Gasteiger partial charge in [0, 0.05) is 5.69 Å². The quantitative estimate of drug-likeness (QED) is 0.836. The highest BCUT2D eigenvalue weighted by Crippen LogP contribution is 2.28. The van der Waals surface area contributed by atoms with E-state index in [9.17, 15) is 4.79 Å². The highest BCUT2D eigenvalue weighted by atomic mass is 16.5. The Labute approximate surface area is 143 Å². The molecule has 0 aliphatic heterocycles. The zero-order valence-corrected chi connectivity index (χ0v) is 14.8. The van der Waals surface area contributed by atoms with Crippen LogP contribution in [0.3, 0.4) is 0 Å². The van der Waals surface area contributed by atoms with Crippen LogP contribution in [0.15, 0.2) is 36.4 Å². The van der Waals surface area contributed by atoms with Crippen molar-refractivity contribution >= 4 is 11.6 Å². The lowest BCUT2D eigenvalue weighted by Gasteiger charge is -2.15. The summed E-state index contributed by atoms with van der Waals surface area (Å²) in [5.41, 5.74) is 4.16. The molecule has 0 atom stereocenters. The zero-order chi connectivity index (χ0) is 17.5. The molecular formula is C20H25NO3. The molecule has 0 aliphatic rings. The first-order chi connectivity index (χ1) is 11.6. The molecule has 2 aromatic carbocycles. The SMILES string of the molecule is CCc1cccc(CC)c1NC(=O)Cc1ccc(OC)c(OC)c1. The molecule has 0 heterocycles. The summed E-state index contributed by atoms with van der Waals surface area (Å²) in [7, 11) is 3.19. The molecule has 0 radical (unpaired) electrons. The van der Waals surface area contributed by atoms with Crippen LogP contribution >= 0.6 is 0 Å². The van der Waals surface area contributed by atoms with E-state index in [1.807, 2.05) is 24.3 Å². The topological polar surface area (TPSA) is 47.6 Å². The number of para-hydroxylation sites is 1. The summed E-state index contributed by atoms with van der Waals surface area (Å²) in [5.74, 6) is 1.26. The molecular weight excluding hydrogens is 302 g/mol. The van der Waals surface area contributed by atoms with E-state index in [2.05, 4.69) is 31.3 Å². The van der Waals surface area contributed by atoms with Crippen LogP contribution in [0.2, 0.25) is 0 Å². The summed E-state index contributed by atoms with van der Waals surface area (Å²) in [4.78, 5) is 12.5. The number of methoxy groups -OCH3 is 2. The maximum absolute atomic E-state index is 12.5. The first kappa shape index (κ1) is 17.9. The smallest absolute Gasteiger partial charge is 0.228 e. The van der Waals surface area contributed by atoms with Crippen molar-refractivity contribution in [2.75, 3.05) is 19.5 Å². The molecule has 0 saturated heterocycles. The molecule has 0 aromatic heterocycles. The Morgan fingerprint density at radius 2 is 1.58 bits per heavy atom. The van der Waals surface area contributed by atoms with Gasteiger partial charge >= 0.3 is 0 Å². The lowest BCUT2D eigenvalue weighted by Crippen LogP contribution is -2.17. The van der Waals surface area contributed by atoms with Gasteiger partial charge in [-0.3, -0.25) is 4.79 Å². The summed E-state index contributed by atoms with van der Waals surface area (Å²) < 4.78 is 10.5. The van der Waals surface area contributed by atoms with Crippen molar-refractivity contribution in [2.24, 2.45) is 0 Å². The standard InChI is InChI=1S/C20H25NO3/c1-5-15-8-7-9-16(6-2)20(15)21-19(22)13-14-10-11-17(23-3)18(12-14)24-4/h7-12H,5-6,13H2,1-4H3,(H,21,22). The van der Waals surface area contributed by atoms with E-state index in [1.54, 1.807) is 14.2 Å². The average molecular weight is 327 g/mol. The Kier molecular flexibility index (Phi) is 6.24. The van der Waals surface area contributed by atoms with Crippen LogP contribution in [0.5, 0.6) is 11.5 Å². The Hall–Kier alpha value is -2.49. The fourth-order valence-corrected chi connectivity index (χ4v) is 2.76. The van der Waals surface area contributed by atoms with Crippen molar-refractivity contribution in [1.82, 2.24) is 0 Å². The van der Waals surface area contributed by atoms with Crippen molar-refractivity contribution in [3.63, 3.8) is 0 Å². The van der Waals surface area contributed by atoms with E-state index >= 15 is 0 Å². The third kappa shape index (κ3) is 4.07. The van der Waals surface area contributed by atoms with Gasteiger partial charge in [0.1, 0.15) is 0 Å². The van der Waals surface area contributed by atoms with Crippen molar-refractivity contribution in [3.05, 3.63) is 53.1 Å². The first-order valence-electron chi connectivity index (χ1n) is 8.24. The normalized spacial score (nSPS) is 10.3. The molecule has 0 saturated carbocycles. The van der Waals surface area contributed by atoms with Crippen molar-refractivity contribution < 1.29 is 14.3 Å². The third-order valence-electron chi connectivity index (χ3n) is 4.08. The number of carbonyl (C=O) groups is 1. The van der Waals surface area contributed by atoms with Gasteiger partial charge in [-0.1, -0.05) is 38.1 Å². The van der Waals surface area contributed by atoms with Gasteiger partial charge in [0.2, 0.25) is 5.91 Å². The molecule has 0 bridgehead atoms. The number of nitrogens with one attached hydrogen (secondary N) is 1. The summed E-state index contributed by atoms with van der Waals surface area (Å²) in [6.07, 6.45) is 2.07. The minimum absolute atomic E-state index is 0.0298. The van der Waals surface area contributed by atoms with Gasteiger partial charge in [0.25, 0.3) is 0 Å². The van der Waals surface area contributed by atoms with Crippen LogP contribution < -0.4 is 14.8 Å². The fourth-order valence-electron chi connectivity index (χ4n) is 2.76. The van der Waals surface area contributed by atoms with E-state index in [1.165, 1.54) is 0 Å². The molecule has 4 nitrogen and oxygen atoms in total. The fraction of sp³-hybridized carbons (Fsp3) is 0.350. The maximum atomic E-state index is 12.5. The van der Waals surface area contributed by atoms with Gasteiger partial charge in [-0.15, -0.1) is 0 Å². The Bertz CT molecular complexity index is 688. The minimum atomic E-state index is -0.0298. The lowest BCUT2D eigenvalue weighted by molar-refractivity contribution is -0.115. The van der Waals surface area contributed by atoms with E-state index in [4.69, 9.17) is 9.47 Å². The molecule has 0 aliphatic carbocycles. The van der Waals surface area contributed by atoms with Crippen LogP contribution in [-0.4, -0.2) is 20.1 Å². The molecule has 24 heavy (non-hydrogen) atoms. The van der Waals surface area contributed by atoms with Gasteiger partial charge < -0.3 is 14.8 Å². The summed E-state index contributed by atoms with van der Waals surface area (Å²) in [6, 6.07) is 11.7. The summed E-state index contributed by atoms with van der Waals surface area (Å²) in [5, 5.41) is 3.08. The molecule has 1 N–H and O–H groups in total. The van der Waals surface area contributed by atoms with E-state index < -0.39 is 0 Å². The molecule has 0 spiro atoms. The van der Waals surface area contributed by atoms with Crippen LogP contribution in [0, 0.1) is 0 Å². The largest absolute Gasteiger partial charge is 0.493 e. The predicted molar refractivity (Wildman–Crippen MR) is 97.1 cm³/mol. The van der Waals surface area contributed by atoms with E-state index in [-0.39, 0.29) is 5.91 Å². The molecule has 4 heteroatoms. The number of amides is 1. The summed E-state index contributed by atoms with van der Waals surface area (Å²) >= 11 is 0. The Balaban J connectivity index is 2.17. The number of rotatable bonds is 7. The number of benzene rings is 2. The number of aryl methyl sites for hydroxylation is 2. The van der Waals surface area contributed by atoms with Crippen LogP contribution in [0.25, 0.3) is 0 Å². The second-order valence-electron chi connectivity index (χ2n) is 5.57. The number of hydrogen-bond acceptors (Lipinski definition) is 3. The minimum Gasteiger partial charge on any atom is -0.493 e. The van der Waals surface area contributed by atoms with Crippen molar-refractivity contribution in [1.29, 1.82) is 0 Å². The van der Waals surface area contributed by atoms with Crippen LogP contribution in [0.4, 0.5) is 5.69 Å². The number of carbonyl (C=O) groups excluding carboxylic acids is 1. The third-order valence-corrected chi connectivity index (χ3v) is 4.08. The van der Waals surface area contributed by atoms with E-state index in [0.717, 1.165) is 35.2 Å². The molecule has 1 amide bonds. The van der Waals surface area contributed by atoms with Crippen LogP contribution in [-0.2, 0) is 24.1 Å². The average Bonchev–Trinajstić information content (AvgIpc) is 2.61. The van der Waals surface area contributed by atoms with Gasteiger partial charge in [-0.25, -0.2) is 0 Å². The Morgan fingerprint density at radius 3 is 2.12 bits per heavy atom. The molecule has 2 rings (SSSR count). The predicted octanol–water partition coefficient (Wildman–Crippen LogP) is 4.01. The first-order valence-corrected chi connectivity index (χ1v) is 8.24. The molecule has 0 unspecified atom stereocenters.